The Hall–Kier alpha value is -2.96. The minimum absolute atomic E-state index is 0.0829. The number of carbonyl (C=O) groups is 1. The van der Waals surface area contributed by atoms with Gasteiger partial charge in [0.25, 0.3) is 5.56 Å². The Kier molecular flexibility index (Phi) is 5.71. The molecule has 0 spiro atoms. The molecule has 2 fully saturated rings. The van der Waals surface area contributed by atoms with E-state index in [0.29, 0.717) is 0 Å². The number of nitrogens with one attached hydrogen (secondary N) is 1. The highest BCUT2D eigenvalue weighted by atomic mass is 19.4. The summed E-state index contributed by atoms with van der Waals surface area (Å²) in [5.41, 5.74) is -2.18. The predicted molar refractivity (Wildman–Crippen MR) is 106 cm³/mol. The number of aryl methyl sites for hydroxylation is 1. The number of nitrogens with zero attached hydrogens (tertiary/aromatic N) is 1. The molecule has 1 N–H and O–H groups in total. The molecule has 1 aromatic carbocycles. The molecule has 0 unspecified atom stereocenters. The van der Waals surface area contributed by atoms with E-state index in [1.54, 1.807) is 13.8 Å². The minimum Gasteiger partial charge on any atom is -0.451 e. The van der Waals surface area contributed by atoms with Crippen LogP contribution in [0.3, 0.4) is 0 Å². The Morgan fingerprint density at radius 2 is 1.88 bits per heavy atom. The average Bonchev–Trinajstić information content (AvgIpc) is 3.06. The van der Waals surface area contributed by atoms with Crippen LogP contribution in [0.1, 0.15) is 41.6 Å². The van der Waals surface area contributed by atoms with Gasteiger partial charge in [0.05, 0.1) is 17.7 Å². The van der Waals surface area contributed by atoms with Crippen LogP contribution in [0.2, 0.25) is 0 Å². The first-order valence-electron chi connectivity index (χ1n) is 10.0. The molecule has 0 amide bonds. The number of H-pyrrole nitrogens is 1. The van der Waals surface area contributed by atoms with Gasteiger partial charge in [-0.15, -0.1) is 0 Å². The zero-order valence-electron chi connectivity index (χ0n) is 17.8. The van der Waals surface area contributed by atoms with E-state index in [9.17, 15) is 27.6 Å². The van der Waals surface area contributed by atoms with E-state index in [2.05, 4.69) is 4.98 Å². The summed E-state index contributed by atoms with van der Waals surface area (Å²) < 4.78 is 62.5. The zero-order valence-corrected chi connectivity index (χ0v) is 17.8. The molecular weight excluding hydrogens is 449 g/mol. The van der Waals surface area contributed by atoms with Gasteiger partial charge in [-0.3, -0.25) is 14.3 Å². The molecule has 2 aliphatic heterocycles. The molecule has 0 bridgehead atoms. The fourth-order valence-electron chi connectivity index (χ4n) is 3.74. The van der Waals surface area contributed by atoms with Crippen LogP contribution in [0.25, 0.3) is 0 Å². The molecule has 33 heavy (non-hydrogen) atoms. The van der Waals surface area contributed by atoms with Gasteiger partial charge in [0.2, 0.25) is 0 Å². The van der Waals surface area contributed by atoms with Crippen molar-refractivity contribution in [2.75, 3.05) is 6.61 Å². The van der Waals surface area contributed by atoms with Crippen LogP contribution in [0.4, 0.5) is 13.2 Å². The average molecular weight is 470 g/mol. The van der Waals surface area contributed by atoms with Crippen molar-refractivity contribution in [1.82, 2.24) is 9.55 Å². The molecule has 2 aliphatic rings. The number of halogens is 3. The third-order valence-electron chi connectivity index (χ3n) is 5.41. The number of aromatic amines is 1. The summed E-state index contributed by atoms with van der Waals surface area (Å²) >= 11 is 0. The Labute approximate surface area is 185 Å². The van der Waals surface area contributed by atoms with E-state index >= 15 is 0 Å². The first-order chi connectivity index (χ1) is 15.4. The fourth-order valence-corrected chi connectivity index (χ4v) is 3.74. The van der Waals surface area contributed by atoms with E-state index in [0.717, 1.165) is 28.8 Å². The standard InChI is InChI=1S/C21H21F3N2O7/c1-10-8-26(19(29)25-16(10)27)17-15(14-13(31-17)9-30-20(2,3)33-14)32-18(28)11-4-6-12(7-5-11)21(22,23)24/h4-8,13-15,17H,9H2,1-3H3,(H,25,27,29)/t13-,14+,15-,17-/m1/s1. The fraction of sp³-hybridized carbons (Fsp3) is 0.476. The number of hydrogen-bond donors (Lipinski definition) is 1. The normalized spacial score (nSPS) is 26.6. The van der Waals surface area contributed by atoms with Crippen LogP contribution < -0.4 is 11.2 Å². The van der Waals surface area contributed by atoms with Crippen molar-refractivity contribution < 1.29 is 36.9 Å². The van der Waals surface area contributed by atoms with E-state index < -0.39 is 59.3 Å². The van der Waals surface area contributed by atoms with E-state index in [1.807, 2.05) is 0 Å². The molecule has 178 valence electrons. The van der Waals surface area contributed by atoms with Crippen LogP contribution in [-0.2, 0) is 25.1 Å². The highest BCUT2D eigenvalue weighted by molar-refractivity contribution is 5.89. The molecule has 2 aromatic rings. The lowest BCUT2D eigenvalue weighted by Crippen LogP contribution is -2.51. The van der Waals surface area contributed by atoms with Gasteiger partial charge in [0, 0.05) is 11.8 Å². The molecular formula is C21H21F3N2O7. The quantitative estimate of drug-likeness (QED) is 0.685. The summed E-state index contributed by atoms with van der Waals surface area (Å²) in [6.45, 7) is 4.88. The van der Waals surface area contributed by atoms with Gasteiger partial charge < -0.3 is 18.9 Å². The zero-order chi connectivity index (χ0) is 24.1. The van der Waals surface area contributed by atoms with E-state index in [4.69, 9.17) is 18.9 Å². The molecule has 4 rings (SSSR count). The molecule has 0 aliphatic carbocycles. The Morgan fingerprint density at radius 1 is 1.21 bits per heavy atom. The second-order valence-corrected chi connectivity index (χ2v) is 8.28. The smallest absolute Gasteiger partial charge is 0.416 e. The largest absolute Gasteiger partial charge is 0.451 e. The van der Waals surface area contributed by atoms with Gasteiger partial charge in [-0.2, -0.15) is 13.2 Å². The van der Waals surface area contributed by atoms with Crippen molar-refractivity contribution in [2.24, 2.45) is 0 Å². The predicted octanol–water partition coefficient (Wildman–Crippen LogP) is 2.14. The number of benzene rings is 1. The van der Waals surface area contributed by atoms with Crippen LogP contribution in [0, 0.1) is 6.92 Å². The van der Waals surface area contributed by atoms with Crippen molar-refractivity contribution >= 4 is 5.97 Å². The maximum absolute atomic E-state index is 12.8. The number of ether oxygens (including phenoxy) is 4. The molecule has 0 saturated carbocycles. The van der Waals surface area contributed by atoms with Crippen LogP contribution in [0.15, 0.2) is 40.1 Å². The van der Waals surface area contributed by atoms with E-state index in [1.165, 1.54) is 13.1 Å². The SMILES string of the molecule is Cc1cn([C@@H]2O[C@@H]3COC(C)(C)O[C@@H]3[C@H]2OC(=O)c2ccc(C(F)(F)F)cc2)c(=O)[nH]c1=O. The molecule has 0 radical (unpaired) electrons. The van der Waals surface area contributed by atoms with Gasteiger partial charge in [-0.1, -0.05) is 0 Å². The molecule has 9 nitrogen and oxygen atoms in total. The highest BCUT2D eigenvalue weighted by Crippen LogP contribution is 2.39. The number of esters is 1. The first-order valence-corrected chi connectivity index (χ1v) is 10.0. The van der Waals surface area contributed by atoms with Crippen LogP contribution in [-0.4, -0.2) is 46.2 Å². The number of rotatable bonds is 3. The third-order valence-corrected chi connectivity index (χ3v) is 5.41. The molecule has 2 saturated heterocycles. The molecule has 1 aromatic heterocycles. The van der Waals surface area contributed by atoms with Crippen molar-refractivity contribution in [3.8, 4) is 0 Å². The summed E-state index contributed by atoms with van der Waals surface area (Å²) in [5, 5.41) is 0. The summed E-state index contributed by atoms with van der Waals surface area (Å²) in [7, 11) is 0. The topological polar surface area (TPSA) is 109 Å². The van der Waals surface area contributed by atoms with Gasteiger partial charge in [-0.25, -0.2) is 9.59 Å². The maximum Gasteiger partial charge on any atom is 0.416 e. The summed E-state index contributed by atoms with van der Waals surface area (Å²) in [6, 6.07) is 3.54. The second-order valence-electron chi connectivity index (χ2n) is 8.28. The van der Waals surface area contributed by atoms with Crippen molar-refractivity contribution in [2.45, 2.75) is 57.3 Å². The lowest BCUT2D eigenvalue weighted by Gasteiger charge is -2.38. The van der Waals surface area contributed by atoms with Gasteiger partial charge >= 0.3 is 17.8 Å². The number of fused-ring (bicyclic) bond motifs is 1. The number of alkyl halides is 3. The van der Waals surface area contributed by atoms with Gasteiger partial charge in [-0.05, 0) is 45.0 Å². The summed E-state index contributed by atoms with van der Waals surface area (Å²) in [6.07, 6.45) is -7.14. The monoisotopic (exact) mass is 470 g/mol. The lowest BCUT2D eigenvalue weighted by atomic mass is 10.1. The summed E-state index contributed by atoms with van der Waals surface area (Å²) in [4.78, 5) is 39.2. The van der Waals surface area contributed by atoms with Gasteiger partial charge in [0.1, 0.15) is 12.2 Å². The van der Waals surface area contributed by atoms with Gasteiger partial charge in [0.15, 0.2) is 18.1 Å². The summed E-state index contributed by atoms with van der Waals surface area (Å²) in [5.74, 6) is -1.96. The minimum atomic E-state index is -4.55. The van der Waals surface area contributed by atoms with Crippen molar-refractivity contribution in [3.63, 3.8) is 0 Å². The Balaban J connectivity index is 1.67. The number of carbonyl (C=O) groups excluding carboxylic acids is 1. The maximum atomic E-state index is 12.8. The Morgan fingerprint density at radius 3 is 2.52 bits per heavy atom. The number of aromatic nitrogens is 2. The Bertz CT molecular complexity index is 1170. The van der Waals surface area contributed by atoms with Crippen LogP contribution in [0.5, 0.6) is 0 Å². The lowest BCUT2D eigenvalue weighted by molar-refractivity contribution is -0.300. The first kappa shape index (κ1) is 23.2. The molecule has 12 heteroatoms. The third kappa shape index (κ3) is 4.59. The van der Waals surface area contributed by atoms with Crippen molar-refractivity contribution in [1.29, 1.82) is 0 Å². The van der Waals surface area contributed by atoms with Crippen LogP contribution >= 0.6 is 0 Å². The van der Waals surface area contributed by atoms with Crippen molar-refractivity contribution in [3.05, 3.63) is 68.0 Å². The molecule has 4 atom stereocenters. The highest BCUT2D eigenvalue weighted by Gasteiger charge is 2.54. The molecule has 3 heterocycles. The number of hydrogen-bond acceptors (Lipinski definition) is 7. The van der Waals surface area contributed by atoms with E-state index in [-0.39, 0.29) is 17.7 Å². The second kappa shape index (κ2) is 8.12.